The Hall–Kier alpha value is -1.94. The molecule has 0 amide bonds. The van der Waals surface area contributed by atoms with Crippen LogP contribution in [-0.4, -0.2) is 16.5 Å². The molecular weight excluding hydrogens is 278 g/mol. The van der Waals surface area contributed by atoms with Crippen molar-refractivity contribution in [3.8, 4) is 0 Å². The minimum Gasteiger partial charge on any atom is -0.369 e. The zero-order chi connectivity index (χ0) is 14.7. The van der Waals surface area contributed by atoms with Gasteiger partial charge in [0, 0.05) is 13.0 Å². The molecule has 0 radical (unpaired) electrons. The lowest BCUT2D eigenvalue weighted by atomic mass is 10.1. The van der Waals surface area contributed by atoms with Crippen molar-refractivity contribution >= 4 is 27.4 Å². The van der Waals surface area contributed by atoms with Crippen LogP contribution in [0.3, 0.4) is 0 Å². The topological polar surface area (TPSA) is 37.8 Å². The third kappa shape index (κ3) is 3.22. The lowest BCUT2D eigenvalue weighted by Gasteiger charge is -2.08. The summed E-state index contributed by atoms with van der Waals surface area (Å²) in [5.41, 5.74) is 2.52. The minimum atomic E-state index is 0.773. The van der Waals surface area contributed by atoms with Crippen LogP contribution in [0.1, 0.15) is 30.3 Å². The zero-order valence-corrected chi connectivity index (χ0v) is 13.2. The Labute approximate surface area is 129 Å². The van der Waals surface area contributed by atoms with Crippen LogP contribution in [0.4, 0.5) is 5.82 Å². The van der Waals surface area contributed by atoms with E-state index < -0.39 is 0 Å². The molecule has 0 fully saturated rings. The number of aryl methyl sites for hydroxylation is 1. The highest BCUT2D eigenvalue weighted by atomic mass is 32.1. The Balaban J connectivity index is 1.92. The fourth-order valence-corrected chi connectivity index (χ4v) is 3.03. The summed E-state index contributed by atoms with van der Waals surface area (Å²) in [6, 6.07) is 10.7. The summed E-state index contributed by atoms with van der Waals surface area (Å²) in [5.74, 6) is 1.85. The monoisotopic (exact) mass is 297 g/mol. The van der Waals surface area contributed by atoms with E-state index in [4.69, 9.17) is 4.98 Å². The van der Waals surface area contributed by atoms with Gasteiger partial charge in [0.15, 0.2) is 0 Å². The second-order valence-corrected chi connectivity index (χ2v) is 6.11. The third-order valence-corrected chi connectivity index (χ3v) is 4.20. The highest BCUT2D eigenvalue weighted by molar-refractivity contribution is 7.16. The van der Waals surface area contributed by atoms with Crippen molar-refractivity contribution in [1.82, 2.24) is 9.97 Å². The molecule has 0 aliphatic heterocycles. The summed E-state index contributed by atoms with van der Waals surface area (Å²) in [4.78, 5) is 10.5. The number of nitrogens with zero attached hydrogens (tertiary/aromatic N) is 2. The highest BCUT2D eigenvalue weighted by Gasteiger charge is 2.09. The van der Waals surface area contributed by atoms with E-state index in [1.165, 1.54) is 11.1 Å². The molecule has 3 aromatic rings. The minimum absolute atomic E-state index is 0.773. The lowest BCUT2D eigenvalue weighted by molar-refractivity contribution is 0.947. The molecule has 0 aliphatic carbocycles. The largest absolute Gasteiger partial charge is 0.369 e. The van der Waals surface area contributed by atoms with E-state index in [1.807, 2.05) is 0 Å². The zero-order valence-electron chi connectivity index (χ0n) is 12.4. The van der Waals surface area contributed by atoms with E-state index in [0.29, 0.717) is 0 Å². The first-order chi connectivity index (χ1) is 10.3. The number of nitrogens with one attached hydrogen (secondary N) is 1. The van der Waals surface area contributed by atoms with E-state index in [2.05, 4.69) is 59.9 Å². The maximum Gasteiger partial charge on any atom is 0.138 e. The predicted octanol–water partition coefficient (Wildman–Crippen LogP) is 4.41. The van der Waals surface area contributed by atoms with Crippen LogP contribution >= 0.6 is 11.3 Å². The Morgan fingerprint density at radius 2 is 1.90 bits per heavy atom. The van der Waals surface area contributed by atoms with Crippen molar-refractivity contribution in [2.75, 3.05) is 11.9 Å². The maximum atomic E-state index is 4.71. The van der Waals surface area contributed by atoms with Crippen LogP contribution in [0.25, 0.3) is 10.2 Å². The van der Waals surface area contributed by atoms with Gasteiger partial charge in [-0.25, -0.2) is 9.97 Å². The molecule has 2 heterocycles. The smallest absolute Gasteiger partial charge is 0.138 e. The number of thiophene rings is 1. The first-order valence-electron chi connectivity index (χ1n) is 7.30. The van der Waals surface area contributed by atoms with Crippen molar-refractivity contribution in [2.24, 2.45) is 0 Å². The first kappa shape index (κ1) is 14.0. The van der Waals surface area contributed by atoms with Gasteiger partial charge in [0.25, 0.3) is 0 Å². The molecule has 1 N–H and O–H groups in total. The summed E-state index contributed by atoms with van der Waals surface area (Å²) >= 11 is 1.67. The van der Waals surface area contributed by atoms with Crippen LogP contribution in [0, 0.1) is 6.92 Å². The van der Waals surface area contributed by atoms with Crippen LogP contribution in [0.15, 0.2) is 35.7 Å². The molecule has 0 aliphatic rings. The molecule has 3 rings (SSSR count). The van der Waals surface area contributed by atoms with Gasteiger partial charge < -0.3 is 5.32 Å². The van der Waals surface area contributed by atoms with Gasteiger partial charge in [-0.2, -0.15) is 0 Å². The average Bonchev–Trinajstić information content (AvgIpc) is 2.95. The summed E-state index contributed by atoms with van der Waals surface area (Å²) in [6.07, 6.45) is 1.86. The molecule has 3 nitrogen and oxygen atoms in total. The normalized spacial score (nSPS) is 11.0. The molecule has 0 unspecified atom stereocenters. The third-order valence-electron chi connectivity index (χ3n) is 3.40. The quantitative estimate of drug-likeness (QED) is 0.758. The van der Waals surface area contributed by atoms with Crippen molar-refractivity contribution in [1.29, 1.82) is 0 Å². The van der Waals surface area contributed by atoms with Gasteiger partial charge in [-0.15, -0.1) is 11.3 Å². The molecule has 108 valence electrons. The molecule has 0 spiro atoms. The molecule has 0 saturated carbocycles. The van der Waals surface area contributed by atoms with Crippen molar-refractivity contribution in [2.45, 2.75) is 26.7 Å². The molecule has 4 heteroatoms. The van der Waals surface area contributed by atoms with Gasteiger partial charge in [-0.1, -0.05) is 36.8 Å². The van der Waals surface area contributed by atoms with E-state index in [-0.39, 0.29) is 0 Å². The van der Waals surface area contributed by atoms with Crippen molar-refractivity contribution in [3.05, 3.63) is 52.7 Å². The van der Waals surface area contributed by atoms with Crippen molar-refractivity contribution in [3.63, 3.8) is 0 Å². The molecule has 0 saturated heterocycles. The SMILES string of the molecule is CCCNc1nc(Cc2ccc(C)cc2)nc2sccc12. The summed E-state index contributed by atoms with van der Waals surface area (Å²) < 4.78 is 0. The first-order valence-corrected chi connectivity index (χ1v) is 8.18. The standard InChI is InChI=1S/C17H19N3S/c1-3-9-18-16-14-8-10-21-17(14)20-15(19-16)11-13-6-4-12(2)5-7-13/h4-8,10H,3,9,11H2,1-2H3,(H,18,19,20). The number of hydrogen-bond acceptors (Lipinski definition) is 4. The van der Waals surface area contributed by atoms with E-state index in [0.717, 1.165) is 41.2 Å². The van der Waals surface area contributed by atoms with E-state index in [1.54, 1.807) is 11.3 Å². The van der Waals surface area contributed by atoms with Crippen molar-refractivity contribution < 1.29 is 0 Å². The maximum absolute atomic E-state index is 4.71. The Morgan fingerprint density at radius 3 is 2.67 bits per heavy atom. The second-order valence-electron chi connectivity index (χ2n) is 5.22. The summed E-state index contributed by atoms with van der Waals surface area (Å²) in [5, 5.41) is 6.62. The number of fused-ring (bicyclic) bond motifs is 1. The van der Waals surface area contributed by atoms with E-state index in [9.17, 15) is 0 Å². The molecule has 0 bridgehead atoms. The van der Waals surface area contributed by atoms with Gasteiger partial charge in [0.2, 0.25) is 0 Å². The van der Waals surface area contributed by atoms with E-state index >= 15 is 0 Å². The van der Waals surface area contributed by atoms with Gasteiger partial charge in [-0.3, -0.25) is 0 Å². The fourth-order valence-electron chi connectivity index (χ4n) is 2.25. The van der Waals surface area contributed by atoms with Gasteiger partial charge in [0.1, 0.15) is 16.5 Å². The van der Waals surface area contributed by atoms with Gasteiger partial charge in [0.05, 0.1) is 5.39 Å². The summed E-state index contributed by atoms with van der Waals surface area (Å²) in [7, 11) is 0. The number of anilines is 1. The fraction of sp³-hybridized carbons (Fsp3) is 0.294. The average molecular weight is 297 g/mol. The molecule has 21 heavy (non-hydrogen) atoms. The highest BCUT2D eigenvalue weighted by Crippen LogP contribution is 2.25. The van der Waals surface area contributed by atoms with Crippen LogP contribution in [-0.2, 0) is 6.42 Å². The number of aromatic nitrogens is 2. The van der Waals surface area contributed by atoms with Crippen LogP contribution < -0.4 is 5.32 Å². The van der Waals surface area contributed by atoms with Gasteiger partial charge in [-0.05, 0) is 30.4 Å². The molecule has 0 atom stereocenters. The predicted molar refractivity (Wildman–Crippen MR) is 90.2 cm³/mol. The van der Waals surface area contributed by atoms with Gasteiger partial charge >= 0.3 is 0 Å². The van der Waals surface area contributed by atoms with Crippen LogP contribution in [0.5, 0.6) is 0 Å². The number of rotatable bonds is 5. The Morgan fingerprint density at radius 1 is 1.10 bits per heavy atom. The molecule has 2 aromatic heterocycles. The number of hydrogen-bond donors (Lipinski definition) is 1. The molecule has 1 aromatic carbocycles. The second kappa shape index (κ2) is 6.22. The van der Waals surface area contributed by atoms with Crippen LogP contribution in [0.2, 0.25) is 0 Å². The molecular formula is C17H19N3S. The Kier molecular flexibility index (Phi) is 4.15. The lowest BCUT2D eigenvalue weighted by Crippen LogP contribution is -2.06. The number of benzene rings is 1. The summed E-state index contributed by atoms with van der Waals surface area (Å²) in [6.45, 7) is 5.20. The Bertz CT molecular complexity index is 731.